The molecular formula is C13H11Cl2N3O. The van der Waals surface area contributed by atoms with Crippen molar-refractivity contribution in [1.29, 1.82) is 0 Å². The highest BCUT2D eigenvalue weighted by Crippen LogP contribution is 2.22. The van der Waals surface area contributed by atoms with Crippen LogP contribution in [0.4, 0.5) is 5.82 Å². The van der Waals surface area contributed by atoms with Crippen LogP contribution in [0.3, 0.4) is 0 Å². The maximum Gasteiger partial charge on any atom is 0.273 e. The quantitative estimate of drug-likeness (QED) is 0.866. The van der Waals surface area contributed by atoms with E-state index in [4.69, 9.17) is 28.9 Å². The smallest absolute Gasteiger partial charge is 0.273 e. The second kappa shape index (κ2) is 5.47. The number of pyridine rings is 1. The van der Waals surface area contributed by atoms with Gasteiger partial charge in [-0.1, -0.05) is 29.3 Å². The molecule has 0 fully saturated rings. The fourth-order valence-electron chi connectivity index (χ4n) is 1.59. The van der Waals surface area contributed by atoms with E-state index >= 15 is 0 Å². The van der Waals surface area contributed by atoms with E-state index < -0.39 is 0 Å². The van der Waals surface area contributed by atoms with E-state index in [-0.39, 0.29) is 11.4 Å². The van der Waals surface area contributed by atoms with Crippen LogP contribution in [-0.4, -0.2) is 10.9 Å². The van der Waals surface area contributed by atoms with Crippen LogP contribution < -0.4 is 11.3 Å². The normalized spacial score (nSPS) is 11.1. The summed E-state index contributed by atoms with van der Waals surface area (Å²) in [6, 6.07) is 8.22. The average molecular weight is 296 g/mol. The van der Waals surface area contributed by atoms with E-state index in [0.29, 0.717) is 15.6 Å². The molecular weight excluding hydrogens is 285 g/mol. The molecule has 0 unspecified atom stereocenters. The minimum absolute atomic E-state index is 0.254. The van der Waals surface area contributed by atoms with Crippen molar-refractivity contribution in [2.24, 2.45) is 5.10 Å². The zero-order chi connectivity index (χ0) is 14.0. The molecule has 0 spiro atoms. The van der Waals surface area contributed by atoms with Gasteiger partial charge in [0.2, 0.25) is 0 Å². The molecule has 0 aliphatic rings. The monoisotopic (exact) mass is 295 g/mol. The summed E-state index contributed by atoms with van der Waals surface area (Å²) in [5.74, 6) is 0.254. The Morgan fingerprint density at radius 1 is 1.26 bits per heavy atom. The zero-order valence-corrected chi connectivity index (χ0v) is 11.6. The van der Waals surface area contributed by atoms with Crippen molar-refractivity contribution >= 4 is 35.2 Å². The third-order valence-electron chi connectivity index (χ3n) is 2.48. The number of benzene rings is 1. The molecule has 1 aromatic heterocycles. The Labute approximate surface area is 120 Å². The van der Waals surface area contributed by atoms with Gasteiger partial charge in [-0.25, -0.2) is 0 Å². The summed E-state index contributed by atoms with van der Waals surface area (Å²) >= 11 is 12.0. The summed E-state index contributed by atoms with van der Waals surface area (Å²) in [6.45, 7) is 1.79. The minimum Gasteiger partial charge on any atom is -0.384 e. The summed E-state index contributed by atoms with van der Waals surface area (Å²) in [4.78, 5) is 11.8. The molecule has 6 heteroatoms. The molecule has 98 valence electrons. The third-order valence-corrected chi connectivity index (χ3v) is 3.14. The molecule has 0 amide bonds. The fourth-order valence-corrected chi connectivity index (χ4v) is 2.09. The van der Waals surface area contributed by atoms with Crippen LogP contribution in [0.15, 0.2) is 40.2 Å². The Balaban J connectivity index is 2.47. The first kappa shape index (κ1) is 13.6. The number of aryl methyl sites for hydroxylation is 1. The van der Waals surface area contributed by atoms with Crippen LogP contribution in [0, 0.1) is 6.92 Å². The molecule has 19 heavy (non-hydrogen) atoms. The molecule has 0 saturated heterocycles. The van der Waals surface area contributed by atoms with Crippen LogP contribution in [0.5, 0.6) is 0 Å². The van der Waals surface area contributed by atoms with E-state index in [9.17, 15) is 4.79 Å². The Morgan fingerprint density at radius 3 is 2.47 bits per heavy atom. The van der Waals surface area contributed by atoms with Gasteiger partial charge in [0.1, 0.15) is 5.82 Å². The van der Waals surface area contributed by atoms with Crippen LogP contribution in [0.1, 0.15) is 11.1 Å². The van der Waals surface area contributed by atoms with E-state index in [1.54, 1.807) is 31.2 Å². The van der Waals surface area contributed by atoms with E-state index in [0.717, 1.165) is 10.2 Å². The summed E-state index contributed by atoms with van der Waals surface area (Å²) in [5.41, 5.74) is 6.76. The molecule has 0 aliphatic carbocycles. The van der Waals surface area contributed by atoms with E-state index in [1.807, 2.05) is 0 Å². The van der Waals surface area contributed by atoms with Crippen molar-refractivity contribution in [3.8, 4) is 0 Å². The van der Waals surface area contributed by atoms with Crippen LogP contribution in [-0.2, 0) is 0 Å². The maximum atomic E-state index is 11.8. The first-order chi connectivity index (χ1) is 8.99. The molecule has 1 heterocycles. The van der Waals surface area contributed by atoms with Gasteiger partial charge in [0, 0.05) is 11.6 Å². The molecule has 2 rings (SSSR count). The topological polar surface area (TPSA) is 60.4 Å². The van der Waals surface area contributed by atoms with Crippen molar-refractivity contribution < 1.29 is 0 Å². The van der Waals surface area contributed by atoms with E-state index in [2.05, 4.69) is 5.10 Å². The summed E-state index contributed by atoms with van der Waals surface area (Å²) < 4.78 is 1.09. The first-order valence-corrected chi connectivity index (χ1v) is 6.22. The summed E-state index contributed by atoms with van der Waals surface area (Å²) in [7, 11) is 0. The highest BCUT2D eigenvalue weighted by Gasteiger charge is 2.04. The number of halogens is 2. The van der Waals surface area contributed by atoms with Crippen molar-refractivity contribution in [1.82, 2.24) is 4.68 Å². The predicted octanol–water partition coefficient (Wildman–Crippen LogP) is 2.93. The Bertz CT molecular complexity index is 687. The second-order valence-corrected chi connectivity index (χ2v) is 4.80. The maximum absolute atomic E-state index is 11.8. The molecule has 2 N–H and O–H groups in total. The van der Waals surface area contributed by atoms with Gasteiger partial charge in [0.05, 0.1) is 16.3 Å². The van der Waals surface area contributed by atoms with Gasteiger partial charge >= 0.3 is 0 Å². The van der Waals surface area contributed by atoms with Gasteiger partial charge in [-0.3, -0.25) is 4.79 Å². The van der Waals surface area contributed by atoms with Gasteiger partial charge in [-0.15, -0.1) is 0 Å². The SMILES string of the molecule is Cc1cc(N)n(N=Cc2c(Cl)cccc2Cl)c(=O)c1. The molecule has 2 aromatic rings. The third kappa shape index (κ3) is 2.97. The second-order valence-electron chi connectivity index (χ2n) is 3.99. The Morgan fingerprint density at radius 2 is 1.89 bits per heavy atom. The lowest BCUT2D eigenvalue weighted by Crippen LogP contribution is -2.19. The van der Waals surface area contributed by atoms with Gasteiger partial charge in [0.25, 0.3) is 5.56 Å². The van der Waals surface area contributed by atoms with Gasteiger partial charge in [-0.2, -0.15) is 9.78 Å². The molecule has 0 radical (unpaired) electrons. The zero-order valence-electron chi connectivity index (χ0n) is 10.1. The van der Waals surface area contributed by atoms with Gasteiger partial charge in [-0.05, 0) is 30.7 Å². The van der Waals surface area contributed by atoms with Crippen LogP contribution >= 0.6 is 23.2 Å². The average Bonchev–Trinajstić information content (AvgIpc) is 2.31. The number of rotatable bonds is 2. The number of nitrogens with zero attached hydrogens (tertiary/aromatic N) is 2. The molecule has 0 atom stereocenters. The predicted molar refractivity (Wildman–Crippen MR) is 79.3 cm³/mol. The van der Waals surface area contributed by atoms with Crippen LogP contribution in [0.25, 0.3) is 0 Å². The number of anilines is 1. The van der Waals surface area contributed by atoms with E-state index in [1.165, 1.54) is 12.3 Å². The molecule has 0 aliphatic heterocycles. The van der Waals surface area contributed by atoms with Gasteiger partial charge in [0.15, 0.2) is 0 Å². The van der Waals surface area contributed by atoms with Gasteiger partial charge < -0.3 is 5.73 Å². The molecule has 4 nitrogen and oxygen atoms in total. The molecule has 1 aromatic carbocycles. The van der Waals surface area contributed by atoms with Crippen molar-refractivity contribution in [2.45, 2.75) is 6.92 Å². The summed E-state index contributed by atoms with van der Waals surface area (Å²) in [5, 5.41) is 4.93. The van der Waals surface area contributed by atoms with Crippen molar-refractivity contribution in [3.05, 3.63) is 61.9 Å². The largest absolute Gasteiger partial charge is 0.384 e. The highest BCUT2D eigenvalue weighted by atomic mass is 35.5. The van der Waals surface area contributed by atoms with Crippen molar-refractivity contribution in [3.63, 3.8) is 0 Å². The highest BCUT2D eigenvalue weighted by molar-refractivity contribution is 6.38. The van der Waals surface area contributed by atoms with Crippen LogP contribution in [0.2, 0.25) is 10.0 Å². The number of hydrogen-bond donors (Lipinski definition) is 1. The molecule has 0 saturated carbocycles. The number of nitrogens with two attached hydrogens (primary N) is 1. The number of nitrogen functional groups attached to an aromatic ring is 1. The minimum atomic E-state index is -0.308. The lowest BCUT2D eigenvalue weighted by Gasteiger charge is -2.05. The first-order valence-electron chi connectivity index (χ1n) is 5.46. The Kier molecular flexibility index (Phi) is 3.93. The lowest BCUT2D eigenvalue weighted by atomic mass is 10.2. The Hall–Kier alpha value is -1.78. The fraction of sp³-hybridized carbons (Fsp3) is 0.0769. The standard InChI is InChI=1S/C13H11Cl2N3O/c1-8-5-12(16)18(13(19)6-8)17-7-9-10(14)3-2-4-11(9)15/h2-7H,16H2,1H3. The number of hydrogen-bond acceptors (Lipinski definition) is 3. The summed E-state index contributed by atoms with van der Waals surface area (Å²) in [6.07, 6.45) is 1.41. The number of aromatic nitrogens is 1. The van der Waals surface area contributed by atoms with Crippen molar-refractivity contribution in [2.75, 3.05) is 5.73 Å². The lowest BCUT2D eigenvalue weighted by molar-refractivity contribution is 0.843. The molecule has 0 bridgehead atoms.